The number of likely N-dealkylation sites (tertiary alicyclic amines) is 1. The molecule has 122 valence electrons. The maximum Gasteiger partial charge on any atom is 0.293 e. The zero-order chi connectivity index (χ0) is 16.5. The summed E-state index contributed by atoms with van der Waals surface area (Å²) < 4.78 is 1.70. The van der Waals surface area contributed by atoms with Gasteiger partial charge in [0.15, 0.2) is 5.82 Å². The first-order chi connectivity index (χ1) is 11.7. The molecular formula is C17H16N4O2S. The Labute approximate surface area is 143 Å². The van der Waals surface area contributed by atoms with Gasteiger partial charge in [0.25, 0.3) is 5.91 Å². The highest BCUT2D eigenvalue weighted by Crippen LogP contribution is 2.26. The summed E-state index contributed by atoms with van der Waals surface area (Å²) in [7, 11) is 0. The van der Waals surface area contributed by atoms with Crippen LogP contribution < -0.4 is 0 Å². The van der Waals surface area contributed by atoms with Crippen LogP contribution in [0.4, 0.5) is 0 Å². The second-order valence-electron chi connectivity index (χ2n) is 5.68. The zero-order valence-electron chi connectivity index (χ0n) is 12.9. The highest BCUT2D eigenvalue weighted by atomic mass is 32.1. The summed E-state index contributed by atoms with van der Waals surface area (Å²) in [5, 5.41) is 16.1. The van der Waals surface area contributed by atoms with E-state index in [2.05, 4.69) is 10.1 Å². The topological polar surface area (TPSA) is 71.2 Å². The second kappa shape index (κ2) is 6.18. The molecule has 4 rings (SSSR count). The minimum atomic E-state index is -0.457. The third-order valence-corrected chi connectivity index (χ3v) is 4.86. The summed E-state index contributed by atoms with van der Waals surface area (Å²) in [6, 6.07) is 13.5. The molecule has 0 aliphatic carbocycles. The normalized spacial score (nSPS) is 17.4. The van der Waals surface area contributed by atoms with Gasteiger partial charge < -0.3 is 10.0 Å². The first kappa shape index (κ1) is 15.0. The third-order valence-electron chi connectivity index (χ3n) is 3.99. The summed E-state index contributed by atoms with van der Waals surface area (Å²) in [6.45, 7) is 0.876. The first-order valence-corrected chi connectivity index (χ1v) is 8.64. The van der Waals surface area contributed by atoms with Crippen LogP contribution in [0.2, 0.25) is 0 Å². The number of para-hydroxylation sites is 1. The fraction of sp³-hybridized carbons (Fsp3) is 0.235. The predicted molar refractivity (Wildman–Crippen MR) is 91.2 cm³/mol. The van der Waals surface area contributed by atoms with Crippen LogP contribution in [-0.4, -0.2) is 49.9 Å². The van der Waals surface area contributed by atoms with Crippen LogP contribution in [0.25, 0.3) is 16.4 Å². The quantitative estimate of drug-likeness (QED) is 0.793. The fourth-order valence-corrected chi connectivity index (χ4v) is 3.48. The van der Waals surface area contributed by atoms with E-state index in [0.717, 1.165) is 10.6 Å². The Morgan fingerprint density at radius 2 is 2.04 bits per heavy atom. The Bertz CT molecular complexity index is 845. The Hall–Kier alpha value is -2.51. The van der Waals surface area contributed by atoms with Gasteiger partial charge in [-0.25, -0.2) is 9.67 Å². The summed E-state index contributed by atoms with van der Waals surface area (Å²) in [6.07, 6.45) is 0.144. The van der Waals surface area contributed by atoms with Crippen LogP contribution in [0.5, 0.6) is 0 Å². The molecule has 1 aromatic carbocycles. The Balaban J connectivity index is 1.76. The molecule has 0 spiro atoms. The van der Waals surface area contributed by atoms with Crippen molar-refractivity contribution in [3.63, 3.8) is 0 Å². The molecule has 1 aliphatic heterocycles. The number of carbonyl (C=O) groups is 1. The van der Waals surface area contributed by atoms with Crippen molar-refractivity contribution in [3.8, 4) is 16.4 Å². The van der Waals surface area contributed by atoms with E-state index in [1.807, 2.05) is 47.8 Å². The van der Waals surface area contributed by atoms with E-state index in [4.69, 9.17) is 0 Å². The summed E-state index contributed by atoms with van der Waals surface area (Å²) in [4.78, 5) is 19.7. The molecule has 6 nitrogen and oxygen atoms in total. The maximum atomic E-state index is 12.6. The van der Waals surface area contributed by atoms with E-state index in [-0.39, 0.29) is 11.7 Å². The number of amides is 1. The molecule has 1 N–H and O–H groups in total. The molecule has 2 aromatic heterocycles. The van der Waals surface area contributed by atoms with Crippen molar-refractivity contribution < 1.29 is 9.90 Å². The summed E-state index contributed by atoms with van der Waals surface area (Å²) in [5.74, 6) is 0.578. The van der Waals surface area contributed by atoms with E-state index in [1.54, 1.807) is 20.9 Å². The number of β-amino-alcohol motifs (C(OH)–C–C–N with tert-alkyl or cyclic N) is 1. The lowest BCUT2D eigenvalue weighted by Crippen LogP contribution is -2.30. The molecule has 1 amide bonds. The van der Waals surface area contributed by atoms with Crippen LogP contribution in [0.1, 0.15) is 17.0 Å². The standard InChI is InChI=1S/C17H16N4O2S/c22-13-8-9-20(11-13)17(23)15-18-16(14-7-4-10-24-14)21(19-15)12-5-2-1-3-6-12/h1-7,10,13,22H,8-9,11H2/t13-/m1/s1. The lowest BCUT2D eigenvalue weighted by Gasteiger charge is -2.12. The third kappa shape index (κ3) is 2.72. The molecule has 3 aromatic rings. The number of carbonyl (C=O) groups excluding carboxylic acids is 1. The number of hydrogen-bond acceptors (Lipinski definition) is 5. The molecule has 1 saturated heterocycles. The molecular weight excluding hydrogens is 324 g/mol. The Morgan fingerprint density at radius 3 is 2.71 bits per heavy atom. The number of aliphatic hydroxyl groups excluding tert-OH is 1. The zero-order valence-corrected chi connectivity index (χ0v) is 13.7. The van der Waals surface area contributed by atoms with Crippen molar-refractivity contribution in [1.29, 1.82) is 0 Å². The van der Waals surface area contributed by atoms with Crippen molar-refractivity contribution in [1.82, 2.24) is 19.7 Å². The van der Waals surface area contributed by atoms with E-state index < -0.39 is 6.10 Å². The fourth-order valence-electron chi connectivity index (χ4n) is 2.78. The van der Waals surface area contributed by atoms with Crippen LogP contribution in [0, 0.1) is 0 Å². The van der Waals surface area contributed by atoms with Gasteiger partial charge in [-0.3, -0.25) is 4.79 Å². The van der Waals surface area contributed by atoms with Gasteiger partial charge in [-0.1, -0.05) is 24.3 Å². The maximum absolute atomic E-state index is 12.6. The van der Waals surface area contributed by atoms with Gasteiger partial charge in [-0.05, 0) is 30.0 Å². The van der Waals surface area contributed by atoms with Gasteiger partial charge >= 0.3 is 0 Å². The number of aliphatic hydroxyl groups is 1. The molecule has 3 heterocycles. The monoisotopic (exact) mass is 340 g/mol. The smallest absolute Gasteiger partial charge is 0.293 e. The molecule has 7 heteroatoms. The van der Waals surface area contributed by atoms with Gasteiger partial charge in [-0.15, -0.1) is 16.4 Å². The molecule has 1 fully saturated rings. The Kier molecular flexibility index (Phi) is 3.87. The average Bonchev–Trinajstić information content (AvgIpc) is 3.35. The number of benzene rings is 1. The highest BCUT2D eigenvalue weighted by Gasteiger charge is 2.29. The number of thiophene rings is 1. The van der Waals surface area contributed by atoms with Crippen LogP contribution in [0.3, 0.4) is 0 Å². The number of rotatable bonds is 3. The minimum absolute atomic E-state index is 0.163. The average molecular weight is 340 g/mol. The van der Waals surface area contributed by atoms with Gasteiger partial charge in [-0.2, -0.15) is 0 Å². The van der Waals surface area contributed by atoms with E-state index in [9.17, 15) is 9.90 Å². The van der Waals surface area contributed by atoms with Gasteiger partial charge in [0, 0.05) is 13.1 Å². The highest BCUT2D eigenvalue weighted by molar-refractivity contribution is 7.13. The van der Waals surface area contributed by atoms with E-state index in [1.165, 1.54) is 0 Å². The van der Waals surface area contributed by atoms with Crippen molar-refractivity contribution >= 4 is 17.2 Å². The minimum Gasteiger partial charge on any atom is -0.391 e. The largest absolute Gasteiger partial charge is 0.391 e. The van der Waals surface area contributed by atoms with Crippen LogP contribution in [-0.2, 0) is 0 Å². The molecule has 0 unspecified atom stereocenters. The SMILES string of the molecule is O=C(c1nc(-c2cccs2)n(-c2ccccc2)n1)N1CC[C@@H](O)C1. The lowest BCUT2D eigenvalue weighted by molar-refractivity contribution is 0.0753. The molecule has 1 aliphatic rings. The van der Waals surface area contributed by atoms with Crippen molar-refractivity contribution in [3.05, 3.63) is 53.7 Å². The molecule has 1 atom stereocenters. The van der Waals surface area contributed by atoms with E-state index >= 15 is 0 Å². The number of nitrogens with zero attached hydrogens (tertiary/aromatic N) is 4. The predicted octanol–water partition coefficient (Wildman–Crippen LogP) is 2.20. The summed E-state index contributed by atoms with van der Waals surface area (Å²) in [5.41, 5.74) is 0.855. The molecule has 0 radical (unpaired) electrons. The Morgan fingerprint density at radius 1 is 1.21 bits per heavy atom. The molecule has 24 heavy (non-hydrogen) atoms. The van der Waals surface area contributed by atoms with Crippen molar-refractivity contribution in [2.45, 2.75) is 12.5 Å². The molecule has 0 saturated carbocycles. The number of hydrogen-bond donors (Lipinski definition) is 1. The van der Waals surface area contributed by atoms with Crippen molar-refractivity contribution in [2.75, 3.05) is 13.1 Å². The van der Waals surface area contributed by atoms with Gasteiger partial charge in [0.1, 0.15) is 0 Å². The second-order valence-corrected chi connectivity index (χ2v) is 6.63. The van der Waals surface area contributed by atoms with Gasteiger partial charge in [0.05, 0.1) is 16.7 Å². The van der Waals surface area contributed by atoms with E-state index in [0.29, 0.717) is 25.3 Å². The summed E-state index contributed by atoms with van der Waals surface area (Å²) >= 11 is 1.55. The number of aromatic nitrogens is 3. The van der Waals surface area contributed by atoms with Crippen molar-refractivity contribution in [2.24, 2.45) is 0 Å². The lowest BCUT2D eigenvalue weighted by atomic mass is 10.3. The van der Waals surface area contributed by atoms with Crippen LogP contribution >= 0.6 is 11.3 Å². The van der Waals surface area contributed by atoms with Crippen LogP contribution in [0.15, 0.2) is 47.8 Å². The van der Waals surface area contributed by atoms with Gasteiger partial charge in [0.2, 0.25) is 5.82 Å². The first-order valence-electron chi connectivity index (χ1n) is 7.76. The molecule has 0 bridgehead atoms.